The van der Waals surface area contributed by atoms with E-state index >= 15 is 0 Å². The molecule has 5 N–H and O–H groups in total. The Hall–Kier alpha value is -1.85. The number of nitrogens with two attached hydrogens (primary N) is 2. The number of ether oxygens (including phenoxy) is 2. The van der Waals surface area contributed by atoms with Crippen molar-refractivity contribution < 1.29 is 19.4 Å². The largest absolute Gasteiger partial charge is 0.387 e. The highest BCUT2D eigenvalue weighted by Gasteiger charge is 2.46. The molecule has 1 aliphatic heterocycles. The number of hydrogen-bond acceptors (Lipinski definition) is 9. The lowest BCUT2D eigenvalue weighted by Gasteiger charge is -2.22. The topological polar surface area (TPSA) is 144 Å². The zero-order valence-electron chi connectivity index (χ0n) is 14.1. The molecule has 0 saturated carbocycles. The van der Waals surface area contributed by atoms with Crippen molar-refractivity contribution in [2.24, 2.45) is 5.90 Å². The van der Waals surface area contributed by atoms with Gasteiger partial charge in [-0.3, -0.25) is 4.57 Å². The quantitative estimate of drug-likeness (QED) is 0.446. The second-order valence-electron chi connectivity index (χ2n) is 6.01. The van der Waals surface area contributed by atoms with Crippen molar-refractivity contribution in [3.05, 3.63) is 12.7 Å². The van der Waals surface area contributed by atoms with Crippen molar-refractivity contribution >= 4 is 17.0 Å². The van der Waals surface area contributed by atoms with Crippen LogP contribution in [0.15, 0.2) is 12.7 Å². The molecule has 0 aliphatic carbocycles. The van der Waals surface area contributed by atoms with Gasteiger partial charge in [0.2, 0.25) is 0 Å². The molecule has 0 unspecified atom stereocenters. The number of anilines is 1. The van der Waals surface area contributed by atoms with Crippen LogP contribution in [-0.4, -0.2) is 56.2 Å². The van der Waals surface area contributed by atoms with Gasteiger partial charge in [-0.25, -0.2) is 20.8 Å². The van der Waals surface area contributed by atoms with E-state index in [4.69, 9.17) is 21.1 Å². The highest BCUT2D eigenvalue weighted by Crippen LogP contribution is 2.34. The summed E-state index contributed by atoms with van der Waals surface area (Å²) in [4.78, 5) is 17.0. The van der Waals surface area contributed by atoms with Gasteiger partial charge in [0, 0.05) is 6.61 Å². The molecule has 0 radical (unpaired) electrons. The molecule has 3 rings (SSSR count). The van der Waals surface area contributed by atoms with Gasteiger partial charge in [0.25, 0.3) is 0 Å². The maximum atomic E-state index is 10.6. The Morgan fingerprint density at radius 3 is 2.92 bits per heavy atom. The van der Waals surface area contributed by atoms with Crippen LogP contribution in [0.2, 0.25) is 0 Å². The molecule has 138 valence electrons. The van der Waals surface area contributed by atoms with Crippen LogP contribution in [0.25, 0.3) is 11.2 Å². The number of nitrogen functional groups attached to an aromatic ring is 1. The molecular formula is C15H24N6O4. The molecular weight excluding hydrogens is 328 g/mol. The van der Waals surface area contributed by atoms with Crippen LogP contribution in [-0.2, 0) is 14.3 Å². The average Bonchev–Trinajstić information content (AvgIpc) is 3.16. The summed E-state index contributed by atoms with van der Waals surface area (Å²) in [5.74, 6) is 5.42. The first kappa shape index (κ1) is 18.0. The Morgan fingerprint density at radius 1 is 1.32 bits per heavy atom. The first-order valence-corrected chi connectivity index (χ1v) is 8.37. The third kappa shape index (κ3) is 3.58. The van der Waals surface area contributed by atoms with E-state index in [1.807, 2.05) is 0 Å². The molecule has 1 fully saturated rings. The van der Waals surface area contributed by atoms with Crippen LogP contribution in [0.1, 0.15) is 32.4 Å². The second kappa shape index (κ2) is 8.02. The van der Waals surface area contributed by atoms with E-state index in [0.717, 1.165) is 19.3 Å². The first-order valence-electron chi connectivity index (χ1n) is 8.37. The van der Waals surface area contributed by atoms with Crippen LogP contribution in [0.3, 0.4) is 0 Å². The molecule has 10 heteroatoms. The predicted octanol–water partition coefficient (Wildman–Crippen LogP) is 0.133. The summed E-state index contributed by atoms with van der Waals surface area (Å²) < 4.78 is 13.5. The SMILES string of the molecule is CCCCCO[C@@H]1[C@H](O)[C@@H](CON)O[C@H]1n1cnc2c(N)ncnc21. The van der Waals surface area contributed by atoms with Crippen LogP contribution in [0.4, 0.5) is 5.82 Å². The van der Waals surface area contributed by atoms with E-state index in [2.05, 4.69) is 26.7 Å². The monoisotopic (exact) mass is 352 g/mol. The van der Waals surface area contributed by atoms with E-state index in [1.54, 1.807) is 10.9 Å². The Morgan fingerprint density at radius 2 is 2.16 bits per heavy atom. The van der Waals surface area contributed by atoms with Crippen molar-refractivity contribution in [2.45, 2.75) is 50.7 Å². The number of fused-ring (bicyclic) bond motifs is 1. The van der Waals surface area contributed by atoms with Crippen LogP contribution < -0.4 is 11.6 Å². The Balaban J connectivity index is 1.85. The maximum absolute atomic E-state index is 10.6. The molecule has 0 bridgehead atoms. The van der Waals surface area contributed by atoms with Gasteiger partial charge in [-0.1, -0.05) is 19.8 Å². The van der Waals surface area contributed by atoms with Gasteiger partial charge < -0.3 is 25.2 Å². The number of aromatic nitrogens is 4. The van der Waals surface area contributed by atoms with Gasteiger partial charge in [0.1, 0.15) is 30.2 Å². The van der Waals surface area contributed by atoms with Gasteiger partial charge in [0.05, 0.1) is 12.9 Å². The minimum absolute atomic E-state index is 0.0518. The van der Waals surface area contributed by atoms with Gasteiger partial charge in [-0.15, -0.1) is 0 Å². The number of aliphatic hydroxyl groups excluding tert-OH is 1. The fourth-order valence-corrected chi connectivity index (χ4v) is 2.98. The smallest absolute Gasteiger partial charge is 0.167 e. The number of hydrogen-bond donors (Lipinski definition) is 3. The maximum Gasteiger partial charge on any atom is 0.167 e. The number of rotatable bonds is 8. The zero-order valence-corrected chi connectivity index (χ0v) is 14.1. The van der Waals surface area contributed by atoms with Crippen LogP contribution in [0, 0.1) is 0 Å². The summed E-state index contributed by atoms with van der Waals surface area (Å²) in [7, 11) is 0. The Kier molecular flexibility index (Phi) is 5.76. The van der Waals surface area contributed by atoms with Gasteiger partial charge >= 0.3 is 0 Å². The summed E-state index contributed by atoms with van der Waals surface area (Å²) in [5.41, 5.74) is 6.82. The van der Waals surface area contributed by atoms with Gasteiger partial charge in [-0.2, -0.15) is 0 Å². The van der Waals surface area contributed by atoms with Crippen molar-refractivity contribution in [3.63, 3.8) is 0 Å². The molecule has 2 aromatic rings. The minimum atomic E-state index is -0.883. The molecule has 3 heterocycles. The molecule has 10 nitrogen and oxygen atoms in total. The van der Waals surface area contributed by atoms with Gasteiger partial charge in [0.15, 0.2) is 17.7 Å². The Bertz CT molecular complexity index is 696. The molecule has 1 saturated heterocycles. The third-order valence-corrected chi connectivity index (χ3v) is 4.29. The van der Waals surface area contributed by atoms with E-state index in [0.29, 0.717) is 17.8 Å². The standard InChI is InChI=1S/C15H24N6O4/c1-2-3-4-5-23-12-11(22)9(6-24-17)25-15(12)21-8-20-10-13(16)18-7-19-14(10)21/h7-9,11-12,15,22H,2-6,17H2,1H3,(H2,16,18,19)/t9-,11-,12-,15-/m1/s1. The molecule has 0 aromatic carbocycles. The second-order valence-corrected chi connectivity index (χ2v) is 6.01. The molecule has 0 amide bonds. The lowest BCUT2D eigenvalue weighted by Crippen LogP contribution is -2.36. The highest BCUT2D eigenvalue weighted by molar-refractivity contribution is 5.81. The third-order valence-electron chi connectivity index (χ3n) is 4.29. The van der Waals surface area contributed by atoms with Crippen molar-refractivity contribution in [1.82, 2.24) is 19.5 Å². The average molecular weight is 352 g/mol. The molecule has 2 aromatic heterocycles. The number of aliphatic hydroxyl groups is 1. The zero-order chi connectivity index (χ0) is 17.8. The van der Waals surface area contributed by atoms with E-state index < -0.39 is 24.5 Å². The summed E-state index contributed by atoms with van der Waals surface area (Å²) in [5, 5.41) is 10.6. The van der Waals surface area contributed by atoms with Crippen LogP contribution in [0.5, 0.6) is 0 Å². The van der Waals surface area contributed by atoms with Crippen molar-refractivity contribution in [3.8, 4) is 0 Å². The summed E-state index contributed by atoms with van der Waals surface area (Å²) in [6.45, 7) is 2.69. The Labute approximate surface area is 145 Å². The molecule has 0 spiro atoms. The van der Waals surface area contributed by atoms with Gasteiger partial charge in [-0.05, 0) is 6.42 Å². The number of imidazole rings is 1. The summed E-state index contributed by atoms with van der Waals surface area (Å²) in [6.07, 6.45) is 3.27. The summed E-state index contributed by atoms with van der Waals surface area (Å²) >= 11 is 0. The highest BCUT2D eigenvalue weighted by atomic mass is 16.6. The molecule has 1 aliphatic rings. The van der Waals surface area contributed by atoms with Crippen molar-refractivity contribution in [1.29, 1.82) is 0 Å². The minimum Gasteiger partial charge on any atom is -0.387 e. The predicted molar refractivity (Wildman–Crippen MR) is 89.1 cm³/mol. The fourth-order valence-electron chi connectivity index (χ4n) is 2.98. The number of nitrogens with zero attached hydrogens (tertiary/aromatic N) is 4. The van der Waals surface area contributed by atoms with E-state index in [-0.39, 0.29) is 12.4 Å². The lowest BCUT2D eigenvalue weighted by molar-refractivity contribution is -0.0763. The van der Waals surface area contributed by atoms with E-state index in [1.165, 1.54) is 6.33 Å². The number of unbranched alkanes of at least 4 members (excludes halogenated alkanes) is 2. The van der Waals surface area contributed by atoms with E-state index in [9.17, 15) is 5.11 Å². The first-order chi connectivity index (χ1) is 12.2. The van der Waals surface area contributed by atoms with Crippen molar-refractivity contribution in [2.75, 3.05) is 18.9 Å². The fraction of sp³-hybridized carbons (Fsp3) is 0.667. The summed E-state index contributed by atoms with van der Waals surface area (Å²) in [6, 6.07) is 0. The van der Waals surface area contributed by atoms with Crippen LogP contribution >= 0.6 is 0 Å². The molecule has 4 atom stereocenters. The molecule has 25 heavy (non-hydrogen) atoms. The lowest BCUT2D eigenvalue weighted by atomic mass is 10.1. The normalized spacial score (nSPS) is 26.5.